The molecule has 5 nitrogen and oxygen atoms in total. The molecule has 1 aliphatic rings. The standard InChI is InChI=1S/C22H24N4O/c1-16-8-5-6-12-19(16)21-20(22(27)24-14-17-9-7-13-23-17)15-26(25-21)18-10-3-2-4-11-18/h2-6,8,10-12,15,17,23H,7,9,13-14H2,1H3,(H,24,27). The molecule has 2 aromatic carbocycles. The van der Waals surface area contributed by atoms with Crippen LogP contribution in [0.5, 0.6) is 0 Å². The molecular formula is C22H24N4O. The third kappa shape index (κ3) is 3.78. The number of carbonyl (C=O) groups excluding carboxylic acids is 1. The number of nitrogens with one attached hydrogen (secondary N) is 2. The Morgan fingerprint density at radius 3 is 2.70 bits per heavy atom. The van der Waals surface area contributed by atoms with Crippen molar-refractivity contribution in [2.45, 2.75) is 25.8 Å². The molecular weight excluding hydrogens is 336 g/mol. The predicted octanol–water partition coefficient (Wildman–Crippen LogP) is 3.33. The summed E-state index contributed by atoms with van der Waals surface area (Å²) in [5.41, 5.74) is 4.34. The van der Waals surface area contributed by atoms with Crippen molar-refractivity contribution in [1.29, 1.82) is 0 Å². The van der Waals surface area contributed by atoms with E-state index in [1.165, 1.54) is 6.42 Å². The molecule has 5 heteroatoms. The fourth-order valence-electron chi connectivity index (χ4n) is 3.53. The Morgan fingerprint density at radius 2 is 1.96 bits per heavy atom. The van der Waals surface area contributed by atoms with Crippen molar-refractivity contribution < 1.29 is 4.79 Å². The van der Waals surface area contributed by atoms with Crippen molar-refractivity contribution in [2.24, 2.45) is 0 Å². The zero-order valence-corrected chi connectivity index (χ0v) is 15.5. The van der Waals surface area contributed by atoms with Crippen LogP contribution in [0.1, 0.15) is 28.8 Å². The van der Waals surface area contributed by atoms with Gasteiger partial charge in [0.05, 0.1) is 11.3 Å². The van der Waals surface area contributed by atoms with E-state index in [1.54, 1.807) is 4.68 Å². The molecule has 1 amide bonds. The number of aryl methyl sites for hydroxylation is 1. The van der Waals surface area contributed by atoms with Crippen LogP contribution in [-0.2, 0) is 0 Å². The van der Waals surface area contributed by atoms with Crippen LogP contribution in [0.25, 0.3) is 16.9 Å². The average molecular weight is 360 g/mol. The van der Waals surface area contributed by atoms with Gasteiger partial charge in [0.15, 0.2) is 0 Å². The Morgan fingerprint density at radius 1 is 1.19 bits per heavy atom. The molecule has 3 aromatic rings. The van der Waals surface area contributed by atoms with Crippen LogP contribution < -0.4 is 10.6 Å². The largest absolute Gasteiger partial charge is 0.350 e. The van der Waals surface area contributed by atoms with Gasteiger partial charge in [0.25, 0.3) is 5.91 Å². The number of benzene rings is 2. The molecule has 0 saturated carbocycles. The molecule has 4 rings (SSSR count). The van der Waals surface area contributed by atoms with E-state index in [-0.39, 0.29) is 5.91 Å². The van der Waals surface area contributed by atoms with Crippen LogP contribution in [0.3, 0.4) is 0 Å². The first kappa shape index (κ1) is 17.5. The number of carbonyl (C=O) groups is 1. The van der Waals surface area contributed by atoms with E-state index in [1.807, 2.05) is 67.7 Å². The first-order valence-corrected chi connectivity index (χ1v) is 9.45. The Labute approximate surface area is 159 Å². The second-order valence-electron chi connectivity index (χ2n) is 6.99. The lowest BCUT2D eigenvalue weighted by Crippen LogP contribution is -2.37. The van der Waals surface area contributed by atoms with Crippen LogP contribution in [0.4, 0.5) is 0 Å². The van der Waals surface area contributed by atoms with Crippen LogP contribution in [-0.4, -0.2) is 34.8 Å². The fraction of sp³-hybridized carbons (Fsp3) is 0.273. The maximum atomic E-state index is 13.0. The van der Waals surface area contributed by atoms with Crippen LogP contribution in [0.15, 0.2) is 60.8 Å². The number of hydrogen-bond donors (Lipinski definition) is 2. The SMILES string of the molecule is Cc1ccccc1-c1nn(-c2ccccc2)cc1C(=O)NCC1CCCN1. The van der Waals surface area contributed by atoms with Gasteiger partial charge in [-0.1, -0.05) is 42.5 Å². The lowest BCUT2D eigenvalue weighted by Gasteiger charge is -2.11. The van der Waals surface area contributed by atoms with E-state index >= 15 is 0 Å². The smallest absolute Gasteiger partial charge is 0.255 e. The van der Waals surface area contributed by atoms with Gasteiger partial charge in [-0.15, -0.1) is 0 Å². The van der Waals surface area contributed by atoms with E-state index in [4.69, 9.17) is 5.10 Å². The molecule has 1 fully saturated rings. The minimum atomic E-state index is -0.0795. The maximum Gasteiger partial charge on any atom is 0.255 e. The summed E-state index contributed by atoms with van der Waals surface area (Å²) >= 11 is 0. The summed E-state index contributed by atoms with van der Waals surface area (Å²) in [6.45, 7) is 3.71. The summed E-state index contributed by atoms with van der Waals surface area (Å²) in [5, 5.41) is 11.2. The quantitative estimate of drug-likeness (QED) is 0.734. The van der Waals surface area contributed by atoms with Gasteiger partial charge < -0.3 is 10.6 Å². The van der Waals surface area contributed by atoms with Gasteiger partial charge in [-0.25, -0.2) is 4.68 Å². The highest BCUT2D eigenvalue weighted by atomic mass is 16.1. The normalized spacial score (nSPS) is 16.4. The summed E-state index contributed by atoms with van der Waals surface area (Å²) < 4.78 is 1.78. The highest BCUT2D eigenvalue weighted by molar-refractivity contribution is 6.00. The molecule has 0 spiro atoms. The lowest BCUT2D eigenvalue weighted by atomic mass is 10.0. The summed E-state index contributed by atoms with van der Waals surface area (Å²) in [7, 11) is 0. The molecule has 0 aliphatic carbocycles. The Kier molecular flexibility index (Phi) is 5.03. The van der Waals surface area contributed by atoms with E-state index in [2.05, 4.69) is 10.6 Å². The summed E-state index contributed by atoms with van der Waals surface area (Å²) in [6.07, 6.45) is 4.10. The zero-order chi connectivity index (χ0) is 18.6. The molecule has 2 N–H and O–H groups in total. The van der Waals surface area contributed by atoms with E-state index < -0.39 is 0 Å². The van der Waals surface area contributed by atoms with Gasteiger partial charge >= 0.3 is 0 Å². The van der Waals surface area contributed by atoms with Crippen molar-refractivity contribution in [2.75, 3.05) is 13.1 Å². The number of hydrogen-bond acceptors (Lipinski definition) is 3. The van der Waals surface area contributed by atoms with Crippen LogP contribution in [0, 0.1) is 6.92 Å². The Hall–Kier alpha value is -2.92. The van der Waals surface area contributed by atoms with Crippen LogP contribution >= 0.6 is 0 Å². The molecule has 1 atom stereocenters. The van der Waals surface area contributed by atoms with Gasteiger partial charge in [0.2, 0.25) is 0 Å². The molecule has 0 bridgehead atoms. The average Bonchev–Trinajstić information content (AvgIpc) is 3.37. The van der Waals surface area contributed by atoms with Crippen molar-refractivity contribution in [3.8, 4) is 16.9 Å². The second kappa shape index (κ2) is 7.76. The number of aromatic nitrogens is 2. The Bertz CT molecular complexity index is 926. The van der Waals surface area contributed by atoms with Gasteiger partial charge in [0.1, 0.15) is 5.69 Å². The monoisotopic (exact) mass is 360 g/mol. The molecule has 27 heavy (non-hydrogen) atoms. The topological polar surface area (TPSA) is 59.0 Å². The molecule has 1 aromatic heterocycles. The summed E-state index contributed by atoms with van der Waals surface area (Å²) in [4.78, 5) is 13.0. The van der Waals surface area contributed by atoms with E-state index in [9.17, 15) is 4.79 Å². The number of amides is 1. The molecule has 1 saturated heterocycles. The van der Waals surface area contributed by atoms with Crippen molar-refractivity contribution in [3.63, 3.8) is 0 Å². The van der Waals surface area contributed by atoms with Crippen LogP contribution in [0.2, 0.25) is 0 Å². The fourth-order valence-corrected chi connectivity index (χ4v) is 3.53. The number of para-hydroxylation sites is 1. The van der Waals surface area contributed by atoms with Crippen molar-refractivity contribution in [1.82, 2.24) is 20.4 Å². The zero-order valence-electron chi connectivity index (χ0n) is 15.5. The predicted molar refractivity (Wildman–Crippen MR) is 107 cm³/mol. The minimum absolute atomic E-state index is 0.0795. The molecule has 0 radical (unpaired) electrons. The first-order valence-electron chi connectivity index (χ1n) is 9.45. The van der Waals surface area contributed by atoms with E-state index in [0.29, 0.717) is 23.8 Å². The maximum absolute atomic E-state index is 13.0. The molecule has 138 valence electrons. The third-order valence-electron chi connectivity index (χ3n) is 5.05. The van der Waals surface area contributed by atoms with Gasteiger partial charge in [-0.3, -0.25) is 4.79 Å². The summed E-state index contributed by atoms with van der Waals surface area (Å²) in [5.74, 6) is -0.0795. The van der Waals surface area contributed by atoms with E-state index in [0.717, 1.165) is 29.8 Å². The Balaban J connectivity index is 1.68. The second-order valence-corrected chi connectivity index (χ2v) is 6.99. The summed E-state index contributed by atoms with van der Waals surface area (Å²) in [6, 6.07) is 18.3. The third-order valence-corrected chi connectivity index (χ3v) is 5.05. The number of nitrogens with zero attached hydrogens (tertiary/aromatic N) is 2. The molecule has 1 aliphatic heterocycles. The van der Waals surface area contributed by atoms with Gasteiger partial charge in [-0.2, -0.15) is 5.10 Å². The van der Waals surface area contributed by atoms with Crippen molar-refractivity contribution in [3.05, 3.63) is 71.9 Å². The lowest BCUT2D eigenvalue weighted by molar-refractivity contribution is 0.0951. The molecule has 2 heterocycles. The molecule has 1 unspecified atom stereocenters. The minimum Gasteiger partial charge on any atom is -0.350 e. The first-order chi connectivity index (χ1) is 13.2. The van der Waals surface area contributed by atoms with Gasteiger partial charge in [-0.05, 0) is 44.0 Å². The highest BCUT2D eigenvalue weighted by Gasteiger charge is 2.21. The number of rotatable bonds is 5. The highest BCUT2D eigenvalue weighted by Crippen LogP contribution is 2.26. The van der Waals surface area contributed by atoms with Crippen molar-refractivity contribution >= 4 is 5.91 Å². The van der Waals surface area contributed by atoms with Gasteiger partial charge in [0, 0.05) is 24.3 Å².